The van der Waals surface area contributed by atoms with Gasteiger partial charge >= 0.3 is 5.97 Å². The third-order valence-electron chi connectivity index (χ3n) is 7.08. The van der Waals surface area contributed by atoms with Crippen molar-refractivity contribution in [3.8, 4) is 16.9 Å². The van der Waals surface area contributed by atoms with Crippen LogP contribution in [0.5, 0.6) is 0 Å². The molecule has 10 nitrogen and oxygen atoms in total. The van der Waals surface area contributed by atoms with Crippen LogP contribution < -0.4 is 0 Å². The number of imidazole rings is 1. The third kappa shape index (κ3) is 4.21. The zero-order valence-electron chi connectivity index (χ0n) is 20.7. The molecule has 12 heteroatoms. The summed E-state index contributed by atoms with van der Waals surface area (Å²) in [6.45, 7) is 4.05. The molecule has 1 saturated heterocycles. The number of carbonyl (C=O) groups excluding carboxylic acids is 2. The molecule has 3 aromatic heterocycles. The molecular formula is C26H24ClN7O3S. The number of hydrogen-bond donors (Lipinski definition) is 1. The highest BCUT2D eigenvalue weighted by atomic mass is 35.5. The van der Waals surface area contributed by atoms with E-state index in [0.717, 1.165) is 46.9 Å². The molecule has 4 aromatic rings. The van der Waals surface area contributed by atoms with Crippen LogP contribution in [0.25, 0.3) is 16.9 Å². The summed E-state index contributed by atoms with van der Waals surface area (Å²) in [6, 6.07) is 7.16. The van der Waals surface area contributed by atoms with Crippen LogP contribution in [0.2, 0.25) is 5.02 Å². The van der Waals surface area contributed by atoms with Crippen molar-refractivity contribution in [2.75, 3.05) is 6.61 Å². The van der Waals surface area contributed by atoms with Gasteiger partial charge in [-0.25, -0.2) is 14.5 Å². The van der Waals surface area contributed by atoms with Gasteiger partial charge in [-0.2, -0.15) is 0 Å². The number of tetrazole rings is 1. The monoisotopic (exact) mass is 549 g/mol. The minimum atomic E-state index is -0.334. The van der Waals surface area contributed by atoms with E-state index in [-0.39, 0.29) is 29.8 Å². The van der Waals surface area contributed by atoms with Gasteiger partial charge in [0.15, 0.2) is 0 Å². The van der Waals surface area contributed by atoms with Crippen molar-refractivity contribution in [1.29, 1.82) is 0 Å². The van der Waals surface area contributed by atoms with Gasteiger partial charge in [-0.15, -0.1) is 16.4 Å². The molecule has 2 aliphatic heterocycles. The molecule has 0 saturated carbocycles. The van der Waals surface area contributed by atoms with Crippen molar-refractivity contribution < 1.29 is 14.3 Å². The molecule has 38 heavy (non-hydrogen) atoms. The first kappa shape index (κ1) is 24.5. The van der Waals surface area contributed by atoms with Gasteiger partial charge in [0.2, 0.25) is 5.91 Å². The number of esters is 1. The lowest BCUT2D eigenvalue weighted by molar-refractivity contribution is -0.135. The Labute approximate surface area is 227 Å². The second kappa shape index (κ2) is 9.80. The number of hydrogen-bond acceptors (Lipinski definition) is 8. The van der Waals surface area contributed by atoms with E-state index < -0.39 is 0 Å². The number of halogens is 1. The number of H-pyrrole nitrogens is 1. The van der Waals surface area contributed by atoms with Crippen LogP contribution in [0.1, 0.15) is 59.7 Å². The van der Waals surface area contributed by atoms with E-state index in [2.05, 4.69) is 31.6 Å². The largest absolute Gasteiger partial charge is 0.462 e. The van der Waals surface area contributed by atoms with Crippen molar-refractivity contribution in [3.63, 3.8) is 0 Å². The molecule has 1 amide bonds. The van der Waals surface area contributed by atoms with Crippen molar-refractivity contribution in [2.24, 2.45) is 5.92 Å². The summed E-state index contributed by atoms with van der Waals surface area (Å²) in [5.74, 6) is -0.0743. The smallest absolute Gasteiger partial charge is 0.348 e. The number of fused-ring (bicyclic) bond motifs is 1. The number of nitrogens with one attached hydrogen (secondary N) is 1. The van der Waals surface area contributed by atoms with E-state index in [1.807, 2.05) is 29.3 Å². The van der Waals surface area contributed by atoms with Gasteiger partial charge in [0.05, 0.1) is 30.2 Å². The van der Waals surface area contributed by atoms with E-state index in [4.69, 9.17) is 16.3 Å². The number of nitrogens with zero attached hydrogens (tertiary/aromatic N) is 6. The fourth-order valence-corrected chi connectivity index (χ4v) is 6.23. The van der Waals surface area contributed by atoms with Gasteiger partial charge in [-0.1, -0.05) is 24.6 Å². The number of carbonyl (C=O) groups is 2. The maximum Gasteiger partial charge on any atom is 0.348 e. The van der Waals surface area contributed by atoms with Gasteiger partial charge < -0.3 is 14.6 Å². The van der Waals surface area contributed by atoms with E-state index in [9.17, 15) is 9.59 Å². The molecule has 1 N–H and O–H groups in total. The van der Waals surface area contributed by atoms with Crippen molar-refractivity contribution >= 4 is 34.8 Å². The molecule has 0 radical (unpaired) electrons. The first-order valence-electron chi connectivity index (χ1n) is 12.3. The number of thiophene rings is 1. The highest BCUT2D eigenvalue weighted by Gasteiger charge is 2.43. The lowest BCUT2D eigenvalue weighted by atomic mass is 9.82. The molecule has 194 valence electrons. The van der Waals surface area contributed by atoms with Crippen LogP contribution in [0.4, 0.5) is 0 Å². The minimum Gasteiger partial charge on any atom is -0.462 e. The summed E-state index contributed by atoms with van der Waals surface area (Å²) in [7, 11) is 0. The van der Waals surface area contributed by atoms with Gasteiger partial charge in [-0.05, 0) is 60.0 Å². The number of rotatable bonds is 6. The summed E-state index contributed by atoms with van der Waals surface area (Å²) < 4.78 is 6.69. The molecule has 5 heterocycles. The molecule has 3 unspecified atom stereocenters. The molecule has 0 bridgehead atoms. The van der Waals surface area contributed by atoms with Crippen LogP contribution in [-0.4, -0.2) is 53.6 Å². The summed E-state index contributed by atoms with van der Waals surface area (Å²) in [6.07, 6.45) is 6.96. The second-order valence-electron chi connectivity index (χ2n) is 9.29. The van der Waals surface area contributed by atoms with Gasteiger partial charge in [0.1, 0.15) is 17.0 Å². The maximum absolute atomic E-state index is 13.8. The van der Waals surface area contributed by atoms with E-state index in [1.165, 1.54) is 17.7 Å². The Balaban J connectivity index is 1.29. The number of aromatic nitrogens is 6. The maximum atomic E-state index is 13.8. The molecule has 6 rings (SSSR count). The van der Waals surface area contributed by atoms with Gasteiger partial charge in [0, 0.05) is 33.5 Å². The Morgan fingerprint density at radius 1 is 1.32 bits per heavy atom. The molecule has 1 fully saturated rings. The van der Waals surface area contributed by atoms with E-state index in [1.54, 1.807) is 29.9 Å². The van der Waals surface area contributed by atoms with Gasteiger partial charge in [-0.3, -0.25) is 4.79 Å². The first-order valence-corrected chi connectivity index (χ1v) is 13.6. The Morgan fingerprint density at radius 2 is 2.18 bits per heavy atom. The van der Waals surface area contributed by atoms with Crippen LogP contribution in [0.3, 0.4) is 0 Å². The van der Waals surface area contributed by atoms with Crippen LogP contribution in [0, 0.1) is 5.92 Å². The normalized spacial score (nSPS) is 20.9. The van der Waals surface area contributed by atoms with Crippen LogP contribution >= 0.6 is 22.9 Å². The molecule has 2 aliphatic rings. The number of amides is 1. The fraction of sp³-hybridized carbons (Fsp3) is 0.308. The number of benzene rings is 1. The number of aromatic amines is 1. The summed E-state index contributed by atoms with van der Waals surface area (Å²) in [5, 5.41) is 14.0. The highest BCUT2D eigenvalue weighted by Crippen LogP contribution is 2.46. The quantitative estimate of drug-likeness (QED) is 0.339. The topological polar surface area (TPSA) is 119 Å². The zero-order chi connectivity index (χ0) is 26.4. The zero-order valence-corrected chi connectivity index (χ0v) is 22.2. The molecule has 3 atom stereocenters. The predicted molar refractivity (Wildman–Crippen MR) is 141 cm³/mol. The minimum absolute atomic E-state index is 0.0377. The van der Waals surface area contributed by atoms with E-state index >= 15 is 0 Å². The average molecular weight is 550 g/mol. The lowest BCUT2D eigenvalue weighted by Gasteiger charge is -2.36. The average Bonchev–Trinajstić information content (AvgIpc) is 3.72. The fourth-order valence-electron chi connectivity index (χ4n) is 5.25. The summed E-state index contributed by atoms with van der Waals surface area (Å²) >= 11 is 7.70. The molecule has 0 spiro atoms. The van der Waals surface area contributed by atoms with Crippen LogP contribution in [-0.2, 0) is 9.53 Å². The summed E-state index contributed by atoms with van der Waals surface area (Å²) in [4.78, 5) is 36.3. The predicted octanol–water partition coefficient (Wildman–Crippen LogP) is 4.92. The summed E-state index contributed by atoms with van der Waals surface area (Å²) in [5.41, 5.74) is 4.32. The standard InChI is InChI=1S/C26H24ClN7O3S/c1-3-37-26(36)23-8-15(12-38-23)20-11-28-24(30-20)22-7-5-17-10-18(14(2)25(35)34(17)22)19-9-16(27)4-6-21(19)33-13-29-31-32-33/h4,6,8-14,18,22H,3,5,7H2,1-2H3,(H,28,30). The number of ether oxygens (including phenoxy) is 1. The molecular weight excluding hydrogens is 526 g/mol. The Morgan fingerprint density at radius 3 is 2.97 bits per heavy atom. The second-order valence-corrected chi connectivity index (χ2v) is 10.6. The third-order valence-corrected chi connectivity index (χ3v) is 8.22. The Kier molecular flexibility index (Phi) is 6.32. The van der Waals surface area contributed by atoms with Crippen molar-refractivity contribution in [2.45, 2.75) is 38.6 Å². The van der Waals surface area contributed by atoms with E-state index in [0.29, 0.717) is 16.5 Å². The van der Waals surface area contributed by atoms with Crippen molar-refractivity contribution in [3.05, 3.63) is 75.2 Å². The lowest BCUT2D eigenvalue weighted by Crippen LogP contribution is -2.39. The SMILES string of the molecule is CCOC(=O)c1cc(-c2cnc(C3CCC4=CC(c5cc(Cl)ccc5-n5cnnn5)C(C)C(=O)N43)[nH]2)cs1. The Bertz CT molecular complexity index is 1540. The molecule has 1 aromatic carbocycles. The Hall–Kier alpha value is -3.83. The van der Waals surface area contributed by atoms with Crippen molar-refractivity contribution in [1.82, 2.24) is 35.1 Å². The van der Waals surface area contributed by atoms with Crippen LogP contribution in [0.15, 0.2) is 53.9 Å². The highest BCUT2D eigenvalue weighted by molar-refractivity contribution is 7.12. The number of allylic oxidation sites excluding steroid dienone is 2. The first-order chi connectivity index (χ1) is 18.4. The van der Waals surface area contributed by atoms with Gasteiger partial charge in [0.25, 0.3) is 0 Å². The molecule has 0 aliphatic carbocycles.